The maximum atomic E-state index is 9.37. The van der Waals surface area contributed by atoms with E-state index in [-0.39, 0.29) is 5.75 Å². The molecule has 1 aromatic heterocycles. The topological polar surface area (TPSA) is 25.2 Å². The Morgan fingerprint density at radius 3 is 2.32 bits per heavy atom. The third-order valence-electron chi connectivity index (χ3n) is 2.87. The zero-order valence-electron chi connectivity index (χ0n) is 9.98. The van der Waals surface area contributed by atoms with Crippen molar-refractivity contribution in [2.45, 2.75) is 0 Å². The van der Waals surface area contributed by atoms with Crippen LogP contribution in [-0.2, 0) is 0 Å². The van der Waals surface area contributed by atoms with Crippen LogP contribution in [0.5, 0.6) is 5.75 Å². The van der Waals surface area contributed by atoms with Crippen LogP contribution in [0.1, 0.15) is 0 Å². The third kappa shape index (κ3) is 2.32. The van der Waals surface area contributed by atoms with E-state index >= 15 is 0 Å². The van der Waals surface area contributed by atoms with Crippen LogP contribution in [0.3, 0.4) is 0 Å². The number of para-hydroxylation sites is 1. The number of hydrogen-bond donors (Lipinski definition) is 1. The van der Waals surface area contributed by atoms with Crippen molar-refractivity contribution in [2.24, 2.45) is 0 Å². The Balaban J connectivity index is 2.19. The normalized spacial score (nSPS) is 10.5. The van der Waals surface area contributed by atoms with Gasteiger partial charge >= 0.3 is 0 Å². The highest BCUT2D eigenvalue weighted by Crippen LogP contribution is 2.28. The molecule has 0 unspecified atom stereocenters. The van der Waals surface area contributed by atoms with Crippen LogP contribution >= 0.6 is 23.6 Å². The number of nitrogens with zero attached hydrogens (tertiary/aromatic N) is 1. The molecule has 0 amide bonds. The van der Waals surface area contributed by atoms with E-state index in [1.54, 1.807) is 23.5 Å². The molecule has 0 fully saturated rings. The summed E-state index contributed by atoms with van der Waals surface area (Å²) in [7, 11) is 0. The summed E-state index contributed by atoms with van der Waals surface area (Å²) in [4.78, 5) is 0. The van der Waals surface area contributed by atoms with E-state index < -0.39 is 0 Å². The molecular weight excluding hydrogens is 274 g/mol. The Bertz CT molecular complexity index is 742. The van der Waals surface area contributed by atoms with Crippen molar-refractivity contribution in [1.29, 1.82) is 0 Å². The highest BCUT2D eigenvalue weighted by atomic mass is 32.1. The van der Waals surface area contributed by atoms with Gasteiger partial charge in [0.05, 0.1) is 5.69 Å². The van der Waals surface area contributed by atoms with Crippen LogP contribution < -0.4 is 0 Å². The van der Waals surface area contributed by atoms with E-state index in [1.165, 1.54) is 0 Å². The molecule has 0 saturated heterocycles. The second kappa shape index (κ2) is 4.99. The number of aromatic hydroxyl groups is 1. The summed E-state index contributed by atoms with van der Waals surface area (Å²) in [5.74, 6) is 0.267. The minimum absolute atomic E-state index is 0.267. The summed E-state index contributed by atoms with van der Waals surface area (Å²) < 4.78 is 2.86. The second-order valence-corrected chi connectivity index (χ2v) is 5.61. The second-order valence-electron chi connectivity index (χ2n) is 4.10. The number of phenolic OH excluding ortho intramolecular Hbond substituents is 1. The maximum absolute atomic E-state index is 9.37. The van der Waals surface area contributed by atoms with Gasteiger partial charge < -0.3 is 5.11 Å². The number of aromatic nitrogens is 1. The van der Waals surface area contributed by atoms with E-state index in [4.69, 9.17) is 12.2 Å². The molecule has 0 aliphatic carbocycles. The molecule has 1 heterocycles. The van der Waals surface area contributed by atoms with Crippen LogP contribution in [0.2, 0.25) is 0 Å². The van der Waals surface area contributed by atoms with Gasteiger partial charge in [0.1, 0.15) is 5.75 Å². The lowest BCUT2D eigenvalue weighted by Crippen LogP contribution is -1.95. The Morgan fingerprint density at radius 1 is 0.947 bits per heavy atom. The van der Waals surface area contributed by atoms with Crippen molar-refractivity contribution < 1.29 is 5.11 Å². The number of thiazole rings is 1. The summed E-state index contributed by atoms with van der Waals surface area (Å²) >= 11 is 6.95. The first-order chi connectivity index (χ1) is 9.25. The zero-order chi connectivity index (χ0) is 13.2. The smallest absolute Gasteiger partial charge is 0.166 e. The molecule has 0 bridgehead atoms. The average molecular weight is 285 g/mol. The molecule has 3 aromatic rings. The largest absolute Gasteiger partial charge is 0.508 e. The molecule has 3 rings (SSSR count). The summed E-state index contributed by atoms with van der Waals surface area (Å²) in [5, 5.41) is 11.4. The van der Waals surface area contributed by atoms with Gasteiger partial charge in [0.15, 0.2) is 3.95 Å². The molecular formula is C15H11NOS2. The Morgan fingerprint density at radius 2 is 1.63 bits per heavy atom. The van der Waals surface area contributed by atoms with Crippen molar-refractivity contribution in [3.8, 4) is 22.7 Å². The fourth-order valence-corrected chi connectivity index (χ4v) is 3.07. The molecule has 0 saturated carbocycles. The van der Waals surface area contributed by atoms with E-state index in [0.717, 1.165) is 20.9 Å². The molecule has 19 heavy (non-hydrogen) atoms. The summed E-state index contributed by atoms with van der Waals surface area (Å²) in [5.41, 5.74) is 3.13. The predicted molar refractivity (Wildman–Crippen MR) is 81.6 cm³/mol. The van der Waals surface area contributed by atoms with Crippen LogP contribution in [0.4, 0.5) is 0 Å². The minimum Gasteiger partial charge on any atom is -0.508 e. The minimum atomic E-state index is 0.267. The first-order valence-corrected chi connectivity index (χ1v) is 7.10. The lowest BCUT2D eigenvalue weighted by atomic mass is 10.1. The fourth-order valence-electron chi connectivity index (χ4n) is 1.96. The van der Waals surface area contributed by atoms with E-state index in [1.807, 2.05) is 52.4 Å². The highest BCUT2D eigenvalue weighted by molar-refractivity contribution is 7.73. The molecule has 0 aliphatic rings. The van der Waals surface area contributed by atoms with Gasteiger partial charge in [0, 0.05) is 11.1 Å². The monoisotopic (exact) mass is 285 g/mol. The van der Waals surface area contributed by atoms with Crippen LogP contribution in [0, 0.1) is 3.95 Å². The molecule has 94 valence electrons. The third-order valence-corrected chi connectivity index (χ3v) is 4.07. The van der Waals surface area contributed by atoms with Crippen molar-refractivity contribution in [2.75, 3.05) is 0 Å². The van der Waals surface area contributed by atoms with Crippen molar-refractivity contribution in [1.82, 2.24) is 4.57 Å². The van der Waals surface area contributed by atoms with Gasteiger partial charge in [-0.2, -0.15) is 0 Å². The molecule has 0 atom stereocenters. The summed E-state index contributed by atoms with van der Waals surface area (Å²) in [6, 6.07) is 17.2. The standard InChI is InChI=1S/C15H11NOS2/c17-13-8-6-11(7-9-13)14-10-19-15(18)16(14)12-4-2-1-3-5-12/h1-10,17H. The maximum Gasteiger partial charge on any atom is 0.166 e. The molecule has 1 N–H and O–H groups in total. The van der Waals surface area contributed by atoms with Crippen molar-refractivity contribution in [3.05, 3.63) is 63.9 Å². The first kappa shape index (κ1) is 12.1. The first-order valence-electron chi connectivity index (χ1n) is 5.81. The number of benzene rings is 2. The van der Waals surface area contributed by atoms with E-state index in [9.17, 15) is 5.11 Å². The molecule has 0 radical (unpaired) electrons. The van der Waals surface area contributed by atoms with E-state index in [0.29, 0.717) is 0 Å². The van der Waals surface area contributed by atoms with Crippen LogP contribution in [0.15, 0.2) is 60.0 Å². The SMILES string of the molecule is Oc1ccc(-c2csc(=S)n2-c2ccccc2)cc1. The van der Waals surface area contributed by atoms with Gasteiger partial charge in [0.2, 0.25) is 0 Å². The van der Waals surface area contributed by atoms with Gasteiger partial charge in [-0.15, -0.1) is 11.3 Å². The van der Waals surface area contributed by atoms with Crippen LogP contribution in [0.25, 0.3) is 16.9 Å². The Labute approximate surface area is 120 Å². The molecule has 2 nitrogen and oxygen atoms in total. The Hall–Kier alpha value is -1.91. The molecule has 0 spiro atoms. The highest BCUT2D eigenvalue weighted by Gasteiger charge is 2.08. The Kier molecular flexibility index (Phi) is 3.19. The fraction of sp³-hybridized carbons (Fsp3) is 0. The summed E-state index contributed by atoms with van der Waals surface area (Å²) in [6.07, 6.45) is 0. The predicted octanol–water partition coefficient (Wildman–Crippen LogP) is 4.64. The van der Waals surface area contributed by atoms with Gasteiger partial charge in [-0.25, -0.2) is 0 Å². The van der Waals surface area contributed by atoms with Crippen molar-refractivity contribution in [3.63, 3.8) is 0 Å². The van der Waals surface area contributed by atoms with Gasteiger partial charge in [-0.05, 0) is 54.2 Å². The van der Waals surface area contributed by atoms with Crippen LogP contribution in [-0.4, -0.2) is 9.67 Å². The lowest BCUT2D eigenvalue weighted by molar-refractivity contribution is 0.475. The molecule has 0 aliphatic heterocycles. The number of hydrogen-bond acceptors (Lipinski definition) is 3. The molecule has 4 heteroatoms. The number of phenols is 1. The summed E-state index contributed by atoms with van der Waals surface area (Å²) in [6.45, 7) is 0. The van der Waals surface area contributed by atoms with Gasteiger partial charge in [0.25, 0.3) is 0 Å². The molecule has 2 aromatic carbocycles. The average Bonchev–Trinajstić information content (AvgIpc) is 2.82. The number of rotatable bonds is 2. The quantitative estimate of drug-likeness (QED) is 0.694. The van der Waals surface area contributed by atoms with E-state index in [2.05, 4.69) is 0 Å². The van der Waals surface area contributed by atoms with Gasteiger partial charge in [-0.3, -0.25) is 4.57 Å². The lowest BCUT2D eigenvalue weighted by Gasteiger charge is -2.08. The van der Waals surface area contributed by atoms with Crippen molar-refractivity contribution >= 4 is 23.6 Å². The zero-order valence-corrected chi connectivity index (χ0v) is 11.6. The van der Waals surface area contributed by atoms with Gasteiger partial charge in [-0.1, -0.05) is 18.2 Å².